The minimum absolute atomic E-state index is 0.0897. The van der Waals surface area contributed by atoms with Crippen LogP contribution in [0.5, 0.6) is 5.75 Å². The number of thiophene rings is 1. The van der Waals surface area contributed by atoms with Gasteiger partial charge in [0.15, 0.2) is 11.6 Å². The van der Waals surface area contributed by atoms with E-state index < -0.39 is 0 Å². The molecule has 0 bridgehead atoms. The van der Waals surface area contributed by atoms with Gasteiger partial charge in [0.25, 0.3) is 5.56 Å². The lowest BCUT2D eigenvalue weighted by Gasteiger charge is -2.31. The second-order valence-electron chi connectivity index (χ2n) is 8.09. The highest BCUT2D eigenvalue weighted by Gasteiger charge is 2.26. The van der Waals surface area contributed by atoms with Crippen molar-refractivity contribution < 1.29 is 9.53 Å². The third kappa shape index (κ3) is 2.89. The van der Waals surface area contributed by atoms with Crippen LogP contribution < -0.4 is 15.2 Å². The summed E-state index contributed by atoms with van der Waals surface area (Å²) in [6.45, 7) is 3.13. The van der Waals surface area contributed by atoms with E-state index in [-0.39, 0.29) is 11.3 Å². The third-order valence-electron chi connectivity index (χ3n) is 6.02. The van der Waals surface area contributed by atoms with Crippen LogP contribution in [0.4, 0.5) is 11.5 Å². The molecule has 0 saturated heterocycles. The van der Waals surface area contributed by atoms with Gasteiger partial charge in [-0.05, 0) is 59.7 Å². The molecule has 0 saturated carbocycles. The van der Waals surface area contributed by atoms with E-state index in [0.717, 1.165) is 50.4 Å². The number of carbonyl (C=O) groups excluding carboxylic acids is 1. The van der Waals surface area contributed by atoms with Crippen LogP contribution in [0.3, 0.4) is 0 Å². The molecular weight excluding hydrogens is 422 g/mol. The van der Waals surface area contributed by atoms with Crippen LogP contribution in [0, 0.1) is 0 Å². The summed E-state index contributed by atoms with van der Waals surface area (Å²) in [5.41, 5.74) is 4.98. The van der Waals surface area contributed by atoms with E-state index in [1.807, 2.05) is 43.3 Å². The summed E-state index contributed by atoms with van der Waals surface area (Å²) in [4.78, 5) is 27.6. The second kappa shape index (κ2) is 7.17. The van der Waals surface area contributed by atoms with Crippen molar-refractivity contribution in [2.75, 3.05) is 18.1 Å². The van der Waals surface area contributed by atoms with E-state index in [9.17, 15) is 9.59 Å². The third-order valence-corrected chi connectivity index (χ3v) is 7.05. The Balaban J connectivity index is 1.50. The van der Waals surface area contributed by atoms with Gasteiger partial charge in [0.1, 0.15) is 12.4 Å². The Kier molecular flexibility index (Phi) is 4.26. The zero-order valence-corrected chi connectivity index (χ0v) is 18.2. The summed E-state index contributed by atoms with van der Waals surface area (Å²) >= 11 is 1.50. The van der Waals surface area contributed by atoms with Crippen molar-refractivity contribution in [3.05, 3.63) is 80.3 Å². The number of nitrogens with zero attached hydrogens (tertiary/aromatic N) is 2. The number of hydrogen-bond acceptors (Lipinski definition) is 6. The topological polar surface area (TPSA) is 75.3 Å². The van der Waals surface area contributed by atoms with E-state index in [2.05, 4.69) is 26.5 Å². The number of ether oxygens (including phenoxy) is 1. The molecular formula is C25H19N3O3S. The highest BCUT2D eigenvalue weighted by Crippen LogP contribution is 2.43. The largest absolute Gasteiger partial charge is 0.490 e. The molecule has 0 radical (unpaired) electrons. The number of fused-ring (bicyclic) bond motifs is 3. The van der Waals surface area contributed by atoms with Crippen molar-refractivity contribution in [2.45, 2.75) is 13.3 Å². The SMILES string of the molecule is CC1=CC(=O)c2scc(-c3ccc4c(c3)N(c3n[nH]c(=O)c5ccccc35)CCO4)c2C1. The van der Waals surface area contributed by atoms with Gasteiger partial charge < -0.3 is 9.64 Å². The Labute approximate surface area is 187 Å². The van der Waals surface area contributed by atoms with Crippen LogP contribution in [0.25, 0.3) is 21.9 Å². The number of H-pyrrole nitrogens is 1. The van der Waals surface area contributed by atoms with Crippen molar-refractivity contribution in [3.8, 4) is 16.9 Å². The van der Waals surface area contributed by atoms with Crippen LogP contribution in [0.2, 0.25) is 0 Å². The summed E-state index contributed by atoms with van der Waals surface area (Å²) in [5.74, 6) is 1.56. The number of carbonyl (C=O) groups is 1. The molecule has 2 aromatic carbocycles. The quantitative estimate of drug-likeness (QED) is 0.480. The molecule has 2 aliphatic rings. The van der Waals surface area contributed by atoms with Gasteiger partial charge in [-0.1, -0.05) is 29.8 Å². The lowest BCUT2D eigenvalue weighted by molar-refractivity contribution is 0.104. The predicted molar refractivity (Wildman–Crippen MR) is 126 cm³/mol. The molecule has 1 aliphatic carbocycles. The van der Waals surface area contributed by atoms with Gasteiger partial charge in [-0.25, -0.2) is 5.10 Å². The molecule has 1 N–H and O–H groups in total. The zero-order valence-electron chi connectivity index (χ0n) is 17.3. The number of hydrogen-bond donors (Lipinski definition) is 1. The minimum Gasteiger partial charge on any atom is -0.490 e. The number of aromatic nitrogens is 2. The summed E-state index contributed by atoms with van der Waals surface area (Å²) in [5, 5.41) is 10.5. The molecule has 4 aromatic rings. The molecule has 0 spiro atoms. The van der Waals surface area contributed by atoms with Crippen molar-refractivity contribution in [2.24, 2.45) is 0 Å². The normalized spacial score (nSPS) is 15.2. The summed E-state index contributed by atoms with van der Waals surface area (Å²) in [6, 6.07) is 13.6. The van der Waals surface area contributed by atoms with E-state index in [1.54, 1.807) is 6.08 Å². The number of anilines is 2. The van der Waals surface area contributed by atoms with E-state index in [0.29, 0.717) is 24.4 Å². The summed E-state index contributed by atoms with van der Waals surface area (Å²) in [6.07, 6.45) is 2.52. The van der Waals surface area contributed by atoms with E-state index >= 15 is 0 Å². The van der Waals surface area contributed by atoms with Crippen LogP contribution >= 0.6 is 11.3 Å². The van der Waals surface area contributed by atoms with Gasteiger partial charge >= 0.3 is 0 Å². The van der Waals surface area contributed by atoms with Crippen molar-refractivity contribution in [1.29, 1.82) is 0 Å². The maximum absolute atomic E-state index is 12.4. The maximum Gasteiger partial charge on any atom is 0.272 e. The maximum atomic E-state index is 12.4. The Morgan fingerprint density at radius 1 is 1.12 bits per heavy atom. The average Bonchev–Trinajstić information content (AvgIpc) is 3.23. The molecule has 7 heteroatoms. The average molecular weight is 442 g/mol. The van der Waals surface area contributed by atoms with Crippen LogP contribution in [-0.2, 0) is 6.42 Å². The molecule has 158 valence electrons. The molecule has 3 heterocycles. The molecule has 6 rings (SSSR count). The Morgan fingerprint density at radius 2 is 1.97 bits per heavy atom. The van der Waals surface area contributed by atoms with Gasteiger partial charge in [0.05, 0.1) is 22.5 Å². The fourth-order valence-electron chi connectivity index (χ4n) is 4.54. The Hall–Kier alpha value is -3.71. The molecule has 0 fully saturated rings. The molecule has 0 atom stereocenters. The predicted octanol–water partition coefficient (Wildman–Crippen LogP) is 4.87. The first-order chi connectivity index (χ1) is 15.6. The number of ketones is 1. The van der Waals surface area contributed by atoms with Gasteiger partial charge in [-0.3, -0.25) is 9.59 Å². The highest BCUT2D eigenvalue weighted by molar-refractivity contribution is 7.13. The number of aromatic amines is 1. The first kappa shape index (κ1) is 19.0. The lowest BCUT2D eigenvalue weighted by atomic mass is 9.92. The van der Waals surface area contributed by atoms with Crippen LogP contribution in [-0.4, -0.2) is 29.1 Å². The Bertz CT molecular complexity index is 1500. The fraction of sp³-hybridized carbons (Fsp3) is 0.160. The molecule has 32 heavy (non-hydrogen) atoms. The standard InChI is InChI=1S/C25H19N3O3S/c1-14-10-18-19(13-32-23(18)21(29)11-14)15-6-7-22-20(12-15)28(8-9-31-22)24-16-4-2-3-5-17(16)25(30)27-26-24/h2-7,11-13H,8-10H2,1H3,(H,27,30). The van der Waals surface area contributed by atoms with Crippen molar-refractivity contribution in [1.82, 2.24) is 10.2 Å². The lowest BCUT2D eigenvalue weighted by Crippen LogP contribution is -2.30. The monoisotopic (exact) mass is 441 g/mol. The molecule has 0 unspecified atom stereocenters. The Morgan fingerprint density at radius 3 is 2.84 bits per heavy atom. The van der Waals surface area contributed by atoms with Gasteiger partial charge in [-0.2, -0.15) is 5.10 Å². The van der Waals surface area contributed by atoms with Crippen molar-refractivity contribution in [3.63, 3.8) is 0 Å². The zero-order chi connectivity index (χ0) is 21.8. The first-order valence-electron chi connectivity index (χ1n) is 10.4. The number of allylic oxidation sites excluding steroid dienone is 2. The van der Waals surface area contributed by atoms with Crippen molar-refractivity contribution >= 4 is 39.4 Å². The van der Waals surface area contributed by atoms with Crippen LogP contribution in [0.15, 0.2) is 64.3 Å². The number of rotatable bonds is 2. The second-order valence-corrected chi connectivity index (χ2v) is 8.97. The molecule has 2 aromatic heterocycles. The number of nitrogens with one attached hydrogen (secondary N) is 1. The van der Waals surface area contributed by atoms with Gasteiger partial charge in [0.2, 0.25) is 0 Å². The van der Waals surface area contributed by atoms with E-state index in [1.165, 1.54) is 11.3 Å². The van der Waals surface area contributed by atoms with E-state index in [4.69, 9.17) is 4.74 Å². The minimum atomic E-state index is -0.204. The van der Waals surface area contributed by atoms with Gasteiger partial charge in [0, 0.05) is 5.39 Å². The number of benzene rings is 2. The smallest absolute Gasteiger partial charge is 0.272 e. The van der Waals surface area contributed by atoms with Crippen LogP contribution in [0.1, 0.15) is 22.2 Å². The first-order valence-corrected chi connectivity index (χ1v) is 11.3. The molecule has 1 aliphatic heterocycles. The fourth-order valence-corrected chi connectivity index (χ4v) is 5.55. The highest BCUT2D eigenvalue weighted by atomic mass is 32.1. The van der Waals surface area contributed by atoms with Gasteiger partial charge in [-0.15, -0.1) is 11.3 Å². The molecule has 6 nitrogen and oxygen atoms in total. The molecule has 0 amide bonds. The summed E-state index contributed by atoms with van der Waals surface area (Å²) < 4.78 is 5.93. The summed E-state index contributed by atoms with van der Waals surface area (Å²) in [7, 11) is 0.